The van der Waals surface area contributed by atoms with Crippen LogP contribution < -0.4 is 10.2 Å². The van der Waals surface area contributed by atoms with E-state index in [2.05, 4.69) is 14.4 Å². The predicted molar refractivity (Wildman–Crippen MR) is 198 cm³/mol. The van der Waals surface area contributed by atoms with E-state index < -0.39 is 72.6 Å². The largest absolute Gasteiger partial charge is 0.472 e. The minimum atomic E-state index is -5.54. The molecule has 0 saturated heterocycles. The van der Waals surface area contributed by atoms with E-state index in [0.29, 0.717) is 5.56 Å². The molecule has 0 aliphatic heterocycles. The maximum atomic E-state index is 12.9. The van der Waals surface area contributed by atoms with Crippen molar-refractivity contribution in [3.8, 4) is 0 Å². The second kappa shape index (κ2) is 18.4. The van der Waals surface area contributed by atoms with E-state index in [-0.39, 0.29) is 13.0 Å². The predicted octanol–water partition coefficient (Wildman–Crippen LogP) is 1.07. The summed E-state index contributed by atoms with van der Waals surface area (Å²) in [5, 5.41) is 34.0. The van der Waals surface area contributed by atoms with Crippen molar-refractivity contribution in [3.05, 3.63) is 95.1 Å². The first-order chi connectivity index (χ1) is 25.6. The van der Waals surface area contributed by atoms with E-state index in [1.165, 1.54) is 0 Å². The number of hydrogen-bond acceptors (Lipinski definition) is 12. The Balaban J connectivity index is 1.37. The molecule has 2 aromatic rings. The smallest absolute Gasteiger partial charge is 0.387 e. The first kappa shape index (κ1) is 44.5. The molecule has 22 heteroatoms. The van der Waals surface area contributed by atoms with Gasteiger partial charge in [0.15, 0.2) is 5.71 Å². The highest BCUT2D eigenvalue weighted by molar-refractivity contribution is 7.47. The number of phosphoric ester groups is 3. The summed E-state index contributed by atoms with van der Waals surface area (Å²) in [7, 11) is -8.40. The zero-order valence-corrected chi connectivity index (χ0v) is 32.8. The van der Waals surface area contributed by atoms with Crippen molar-refractivity contribution < 1.29 is 80.9 Å². The Morgan fingerprint density at radius 2 is 1.18 bits per heavy atom. The zero-order chi connectivity index (χ0) is 40.9. The summed E-state index contributed by atoms with van der Waals surface area (Å²) in [5.41, 5.74) is 6.17. The number of carbonyl (C=O) groups excluding carboxylic acids is 1. The van der Waals surface area contributed by atoms with E-state index in [1.54, 1.807) is 12.1 Å². The molecule has 1 fully saturated rings. The number of nitrogens with zero attached hydrogens (tertiary/aromatic N) is 2. The normalized spacial score (nSPS) is 24.0. The molecule has 1 saturated carbocycles. The SMILES string of the molecule is CN(C)c1ccc(C(=C2C=CC(=[N+](C)C)C=C2)c2ccc(C(=O)NCCCOP(=O)(O)O[C@@H]3[C@H](O)[C@H](O)[C@@H](OP(=O)(O)O)[C@H](OP(=O)(O)O)[C@H]3O)cc2)cc1. The minimum absolute atomic E-state index is 0.0396. The molecule has 2 aliphatic carbocycles. The molecule has 2 aromatic carbocycles. The summed E-state index contributed by atoms with van der Waals surface area (Å²) in [4.78, 5) is 61.8. The lowest BCUT2D eigenvalue weighted by molar-refractivity contribution is -0.462. The molecular weight excluding hydrogens is 787 g/mol. The average Bonchev–Trinajstić information content (AvgIpc) is 3.10. The standard InChI is InChI=1S/C33H44N3O16P3/c1-35(2)24-14-10-21(11-15-24)26(22-12-16-25(17-13-22)36(3)4)20-6-8-23(9-7-20)33(40)34-18-5-19-49-55(47,48)52-30-27(37)28(38)31(50-53(41,42)43)32(29(30)39)51-54(44,45)46/h6-17,27-32,37-39H,5,18-19H2,1-4H3,(H5-,34,40,41,42,43,44,45,46,47,48)/p+1/t27-,28+,29+,30-,31-,32-/m1/s1. The topological polar surface area (TPSA) is 285 Å². The van der Waals surface area contributed by atoms with E-state index >= 15 is 0 Å². The van der Waals surface area contributed by atoms with Crippen molar-refractivity contribution >= 4 is 46.3 Å². The lowest BCUT2D eigenvalue weighted by Crippen LogP contribution is -2.65. The molecule has 302 valence electrons. The van der Waals surface area contributed by atoms with Crippen LogP contribution >= 0.6 is 23.5 Å². The number of benzene rings is 2. The van der Waals surface area contributed by atoms with Crippen LogP contribution in [0.2, 0.25) is 0 Å². The highest BCUT2D eigenvalue weighted by atomic mass is 31.2. The fourth-order valence-electron chi connectivity index (χ4n) is 5.73. The quantitative estimate of drug-likeness (QED) is 0.0689. The zero-order valence-electron chi connectivity index (χ0n) is 30.1. The van der Waals surface area contributed by atoms with Gasteiger partial charge in [0.1, 0.15) is 50.7 Å². The van der Waals surface area contributed by atoms with Crippen LogP contribution in [-0.4, -0.2) is 134 Å². The maximum Gasteiger partial charge on any atom is 0.472 e. The van der Waals surface area contributed by atoms with Gasteiger partial charge in [-0.1, -0.05) is 24.3 Å². The Morgan fingerprint density at radius 1 is 0.709 bits per heavy atom. The molecular formula is C33H45N3O16P3+. The van der Waals surface area contributed by atoms with Gasteiger partial charge in [-0.05, 0) is 65.1 Å². The van der Waals surface area contributed by atoms with Gasteiger partial charge >= 0.3 is 23.5 Å². The van der Waals surface area contributed by atoms with Crippen LogP contribution in [0.15, 0.2) is 78.4 Å². The fourth-order valence-corrected chi connectivity index (χ4v) is 7.84. The Morgan fingerprint density at radius 3 is 1.67 bits per heavy atom. The summed E-state index contributed by atoms with van der Waals surface area (Å²) in [6.07, 6.45) is -6.47. The van der Waals surface area contributed by atoms with Gasteiger partial charge in [-0.25, -0.2) is 18.3 Å². The number of anilines is 1. The molecule has 55 heavy (non-hydrogen) atoms. The Labute approximate surface area is 316 Å². The van der Waals surface area contributed by atoms with Crippen LogP contribution in [-0.2, 0) is 31.8 Å². The summed E-state index contributed by atoms with van der Waals surface area (Å²) < 4.78 is 55.6. The summed E-state index contributed by atoms with van der Waals surface area (Å²) in [6.45, 7) is -0.556. The average molecular weight is 833 g/mol. The summed E-state index contributed by atoms with van der Waals surface area (Å²) >= 11 is 0. The van der Waals surface area contributed by atoms with E-state index in [9.17, 15) is 48.5 Å². The lowest BCUT2D eigenvalue weighted by Gasteiger charge is -2.44. The van der Waals surface area contributed by atoms with E-state index in [0.717, 1.165) is 33.7 Å². The Kier molecular flexibility index (Phi) is 14.9. The molecule has 9 N–H and O–H groups in total. The third-order valence-electron chi connectivity index (χ3n) is 8.43. The molecule has 7 atom stereocenters. The number of aliphatic hydroxyl groups excluding tert-OH is 3. The first-order valence-corrected chi connectivity index (χ1v) is 21.1. The highest BCUT2D eigenvalue weighted by Crippen LogP contribution is 2.51. The van der Waals surface area contributed by atoms with Crippen molar-refractivity contribution in [2.75, 3.05) is 46.2 Å². The van der Waals surface area contributed by atoms with E-state index in [4.69, 9.17) is 18.8 Å². The van der Waals surface area contributed by atoms with Crippen molar-refractivity contribution in [1.29, 1.82) is 0 Å². The molecule has 1 unspecified atom stereocenters. The Hall–Kier alpha value is -3.19. The second-order valence-corrected chi connectivity index (χ2v) is 16.7. The molecule has 0 aromatic heterocycles. The first-order valence-electron chi connectivity index (χ1n) is 16.6. The number of aliphatic hydroxyl groups is 3. The number of rotatable bonds is 15. The second-order valence-electron chi connectivity index (χ2n) is 12.9. The molecule has 0 radical (unpaired) electrons. The van der Waals surface area contributed by atoms with Crippen molar-refractivity contribution in [1.82, 2.24) is 5.32 Å². The summed E-state index contributed by atoms with van der Waals surface area (Å²) in [5.74, 6) is -0.451. The van der Waals surface area contributed by atoms with E-state index in [1.807, 2.05) is 98.4 Å². The lowest BCUT2D eigenvalue weighted by atomic mass is 9.85. The molecule has 0 spiro atoms. The van der Waals surface area contributed by atoms with Crippen molar-refractivity contribution in [3.63, 3.8) is 0 Å². The molecule has 0 bridgehead atoms. The molecule has 19 nitrogen and oxygen atoms in total. The minimum Gasteiger partial charge on any atom is -0.387 e. The van der Waals surface area contributed by atoms with Gasteiger partial charge in [0.05, 0.1) is 6.61 Å². The van der Waals surface area contributed by atoms with Crippen LogP contribution in [0.1, 0.15) is 27.9 Å². The third kappa shape index (κ3) is 12.4. The molecule has 4 rings (SSSR count). The number of hydrogen-bond donors (Lipinski definition) is 9. The number of nitrogens with one attached hydrogen (secondary N) is 1. The van der Waals surface area contributed by atoms with Crippen molar-refractivity contribution in [2.45, 2.75) is 43.0 Å². The van der Waals surface area contributed by atoms with Gasteiger partial charge < -0.3 is 50.0 Å². The van der Waals surface area contributed by atoms with Crippen LogP contribution in [0.3, 0.4) is 0 Å². The molecule has 0 heterocycles. The van der Waals surface area contributed by atoms with Crippen LogP contribution in [0.25, 0.3) is 5.57 Å². The number of amides is 1. The third-order valence-corrected chi connectivity index (χ3v) is 10.5. The maximum absolute atomic E-state index is 12.9. The monoisotopic (exact) mass is 832 g/mol. The van der Waals surface area contributed by atoms with Crippen molar-refractivity contribution in [2.24, 2.45) is 0 Å². The van der Waals surface area contributed by atoms with Gasteiger partial charge in [0.2, 0.25) is 0 Å². The number of phosphoric acid groups is 3. The number of allylic oxidation sites excluding steroid dienone is 5. The number of carbonyl (C=O) groups is 1. The van der Waals surface area contributed by atoms with Gasteiger partial charge in [-0.15, -0.1) is 0 Å². The van der Waals surface area contributed by atoms with Crippen LogP contribution in [0, 0.1) is 0 Å². The fraction of sp³-hybridized carbons (Fsp3) is 0.394. The highest BCUT2D eigenvalue weighted by Gasteiger charge is 2.56. The molecule has 2 aliphatic rings. The summed E-state index contributed by atoms with van der Waals surface area (Å²) in [6, 6.07) is 15.1. The Bertz CT molecular complexity index is 1930. The van der Waals surface area contributed by atoms with Gasteiger partial charge in [0.25, 0.3) is 5.91 Å². The molecule has 1 amide bonds. The van der Waals surface area contributed by atoms with Gasteiger partial charge in [0, 0.05) is 44.0 Å². The van der Waals surface area contributed by atoms with Crippen LogP contribution in [0.4, 0.5) is 5.69 Å². The van der Waals surface area contributed by atoms with Crippen LogP contribution in [0.5, 0.6) is 0 Å². The van der Waals surface area contributed by atoms with Gasteiger partial charge in [-0.3, -0.25) is 22.9 Å². The van der Waals surface area contributed by atoms with Gasteiger partial charge in [-0.2, -0.15) is 0 Å².